The van der Waals surface area contributed by atoms with Gasteiger partial charge in [-0.15, -0.1) is 6.58 Å². The summed E-state index contributed by atoms with van der Waals surface area (Å²) in [6.45, 7) is 8.73. The third-order valence-electron chi connectivity index (χ3n) is 8.12. The number of ether oxygens (including phenoxy) is 6. The molecule has 0 amide bonds. The van der Waals surface area contributed by atoms with Crippen LogP contribution in [-0.2, 0) is 42.8 Å². The first-order chi connectivity index (χ1) is 20.1. The zero-order chi connectivity index (χ0) is 32.3. The topological polar surface area (TPSA) is 208 Å². The van der Waals surface area contributed by atoms with Crippen molar-refractivity contribution in [2.24, 2.45) is 11.8 Å². The summed E-state index contributed by atoms with van der Waals surface area (Å²) in [6.07, 6.45) is -5.84. The first-order valence-electron chi connectivity index (χ1n) is 13.9. The maximum atomic E-state index is 13.1. The first kappa shape index (κ1) is 34.6. The molecule has 0 aromatic heterocycles. The molecule has 2 heterocycles. The Morgan fingerprint density at radius 1 is 1.16 bits per heavy atom. The van der Waals surface area contributed by atoms with Gasteiger partial charge in [0.15, 0.2) is 6.29 Å². The van der Waals surface area contributed by atoms with Gasteiger partial charge >= 0.3 is 17.9 Å². The fraction of sp³-hybridized carbons (Fsp3) is 0.690. The number of aliphatic hydroxyl groups excluding tert-OH is 4. The van der Waals surface area contributed by atoms with Crippen molar-refractivity contribution >= 4 is 17.9 Å². The summed E-state index contributed by atoms with van der Waals surface area (Å²) in [5.41, 5.74) is -2.36. The van der Waals surface area contributed by atoms with Crippen molar-refractivity contribution in [3.63, 3.8) is 0 Å². The molecular formula is C29H42O14. The zero-order valence-corrected chi connectivity index (χ0v) is 24.9. The van der Waals surface area contributed by atoms with Gasteiger partial charge in [-0.25, -0.2) is 9.59 Å². The summed E-state index contributed by atoms with van der Waals surface area (Å²) in [4.78, 5) is 38.2. The molecule has 5 N–H and O–H groups in total. The lowest BCUT2D eigenvalue weighted by Gasteiger charge is -2.44. The molecule has 43 heavy (non-hydrogen) atoms. The molecular weight excluding hydrogens is 572 g/mol. The van der Waals surface area contributed by atoms with Gasteiger partial charge in [0.2, 0.25) is 6.29 Å². The SMILES string of the molecule is C=CC(C)(O)CC/C=C(\C)C(=O)O[C@@H]1C[C@](C)(OC(C)=O)[C@H]2[C@H](O[C@@H]3O[C@H](CO)[C@@H](O)[C@H](O)[C@H]3O)OC=C(C(=O)OC)[C@H]21. The number of rotatable bonds is 11. The van der Waals surface area contributed by atoms with Crippen molar-refractivity contribution in [3.8, 4) is 0 Å². The quantitative estimate of drug-likeness (QED) is 0.0880. The monoisotopic (exact) mass is 614 g/mol. The van der Waals surface area contributed by atoms with Gasteiger partial charge in [-0.1, -0.05) is 12.2 Å². The van der Waals surface area contributed by atoms with Crippen molar-refractivity contribution in [1.82, 2.24) is 0 Å². The second-order valence-electron chi connectivity index (χ2n) is 11.5. The number of hydrogen-bond acceptors (Lipinski definition) is 14. The highest BCUT2D eigenvalue weighted by molar-refractivity contribution is 5.90. The second kappa shape index (κ2) is 13.8. The second-order valence-corrected chi connectivity index (χ2v) is 11.5. The molecule has 0 spiro atoms. The highest BCUT2D eigenvalue weighted by Crippen LogP contribution is 2.52. The molecule has 242 valence electrons. The van der Waals surface area contributed by atoms with Gasteiger partial charge in [0.25, 0.3) is 0 Å². The van der Waals surface area contributed by atoms with E-state index in [9.17, 15) is 39.9 Å². The molecule has 0 bridgehead atoms. The van der Waals surface area contributed by atoms with Crippen molar-refractivity contribution in [3.05, 3.63) is 36.1 Å². The standard InChI is InChI=1S/C29H42O14/c1-7-28(4,37)10-8-9-14(2)24(35)40-17-11-29(5,43-15(3)31)20-19(17)16(25(36)38-6)13-39-26(20)42-27-23(34)22(33)21(32)18(12-30)41-27/h7,9,13,17-23,26-27,30,32-34,37H,1,8,10-12H2,2-6H3/b14-9+/t17-,18-,19+,20-,21-,22+,23-,26+,27+,28?,29+/m1/s1. The fourth-order valence-corrected chi connectivity index (χ4v) is 5.71. The lowest BCUT2D eigenvalue weighted by molar-refractivity contribution is -0.346. The van der Waals surface area contributed by atoms with Crippen LogP contribution in [0.25, 0.3) is 0 Å². The van der Waals surface area contributed by atoms with Crippen molar-refractivity contribution in [1.29, 1.82) is 0 Å². The Hall–Kier alpha value is -2.85. The van der Waals surface area contributed by atoms with Crippen LogP contribution < -0.4 is 0 Å². The van der Waals surface area contributed by atoms with Crippen LogP contribution in [0.2, 0.25) is 0 Å². The van der Waals surface area contributed by atoms with Crippen molar-refractivity contribution in [2.75, 3.05) is 13.7 Å². The van der Waals surface area contributed by atoms with E-state index in [1.54, 1.807) is 19.9 Å². The summed E-state index contributed by atoms with van der Waals surface area (Å²) >= 11 is 0. The fourth-order valence-electron chi connectivity index (χ4n) is 5.71. The van der Waals surface area contributed by atoms with Gasteiger partial charge in [0.05, 0.1) is 37.1 Å². The third-order valence-corrected chi connectivity index (χ3v) is 8.12. The van der Waals surface area contributed by atoms with Gasteiger partial charge in [0.1, 0.15) is 36.1 Å². The van der Waals surface area contributed by atoms with Crippen LogP contribution in [0.1, 0.15) is 47.0 Å². The summed E-state index contributed by atoms with van der Waals surface area (Å²) < 4.78 is 33.6. The van der Waals surface area contributed by atoms with Gasteiger partial charge in [0, 0.05) is 24.8 Å². The Morgan fingerprint density at radius 2 is 1.84 bits per heavy atom. The van der Waals surface area contributed by atoms with E-state index in [2.05, 4.69) is 6.58 Å². The molecule has 2 fully saturated rings. The Balaban J connectivity index is 1.95. The maximum absolute atomic E-state index is 13.1. The van der Waals surface area contributed by atoms with E-state index in [-0.39, 0.29) is 17.6 Å². The molecule has 1 unspecified atom stereocenters. The number of esters is 3. The molecule has 14 heteroatoms. The van der Waals surface area contributed by atoms with Crippen molar-refractivity contribution in [2.45, 2.75) is 101 Å². The van der Waals surface area contributed by atoms with E-state index in [1.807, 2.05) is 0 Å². The Kier molecular flexibility index (Phi) is 11.2. The van der Waals surface area contributed by atoms with E-state index in [0.717, 1.165) is 13.4 Å². The zero-order valence-electron chi connectivity index (χ0n) is 24.9. The van der Waals surface area contributed by atoms with Gasteiger partial charge in [-0.3, -0.25) is 4.79 Å². The number of hydrogen-bond donors (Lipinski definition) is 5. The minimum atomic E-state index is -1.77. The lowest BCUT2D eigenvalue weighted by atomic mass is 9.80. The van der Waals surface area contributed by atoms with Gasteiger partial charge in [-0.05, 0) is 33.6 Å². The van der Waals surface area contributed by atoms with Crippen LogP contribution in [0.3, 0.4) is 0 Å². The average Bonchev–Trinajstić information content (AvgIpc) is 3.23. The van der Waals surface area contributed by atoms with E-state index >= 15 is 0 Å². The molecule has 1 saturated carbocycles. The Bertz CT molecular complexity index is 1110. The van der Waals surface area contributed by atoms with E-state index < -0.39 is 90.7 Å². The van der Waals surface area contributed by atoms with Crippen LogP contribution in [0, 0.1) is 11.8 Å². The van der Waals surface area contributed by atoms with E-state index in [4.69, 9.17) is 28.4 Å². The Morgan fingerprint density at radius 3 is 2.42 bits per heavy atom. The van der Waals surface area contributed by atoms with Crippen LogP contribution in [0.4, 0.5) is 0 Å². The average molecular weight is 615 g/mol. The molecule has 2 aliphatic heterocycles. The largest absolute Gasteiger partial charge is 0.471 e. The summed E-state index contributed by atoms with van der Waals surface area (Å²) in [5.74, 6) is -4.21. The maximum Gasteiger partial charge on any atom is 0.337 e. The molecule has 11 atom stereocenters. The van der Waals surface area contributed by atoms with E-state index in [0.29, 0.717) is 12.8 Å². The molecule has 0 radical (unpaired) electrons. The molecule has 3 aliphatic rings. The van der Waals surface area contributed by atoms with Gasteiger partial charge < -0.3 is 54.0 Å². The highest BCUT2D eigenvalue weighted by atomic mass is 16.8. The molecule has 1 saturated heterocycles. The van der Waals surface area contributed by atoms with Crippen LogP contribution in [0.15, 0.2) is 36.1 Å². The van der Waals surface area contributed by atoms with Crippen LogP contribution >= 0.6 is 0 Å². The number of carbonyl (C=O) groups excluding carboxylic acids is 3. The first-order valence-corrected chi connectivity index (χ1v) is 13.9. The highest BCUT2D eigenvalue weighted by Gasteiger charge is 2.63. The predicted octanol–water partition coefficient (Wildman–Crippen LogP) is -0.251. The molecule has 14 nitrogen and oxygen atoms in total. The minimum Gasteiger partial charge on any atom is -0.471 e. The number of carbonyl (C=O) groups is 3. The molecule has 3 rings (SSSR count). The van der Waals surface area contributed by atoms with Gasteiger partial charge in [-0.2, -0.15) is 0 Å². The summed E-state index contributed by atoms with van der Waals surface area (Å²) in [5, 5.41) is 50.6. The smallest absolute Gasteiger partial charge is 0.337 e. The number of methoxy groups -OCH3 is 1. The lowest BCUT2D eigenvalue weighted by Crippen LogP contribution is -2.61. The van der Waals surface area contributed by atoms with E-state index in [1.165, 1.54) is 19.9 Å². The predicted molar refractivity (Wildman–Crippen MR) is 145 cm³/mol. The third kappa shape index (κ3) is 7.63. The minimum absolute atomic E-state index is 0.0292. The van der Waals surface area contributed by atoms with Crippen LogP contribution in [0.5, 0.6) is 0 Å². The number of aliphatic hydroxyl groups is 5. The normalized spacial score (nSPS) is 37.2. The molecule has 1 aliphatic carbocycles. The number of allylic oxidation sites excluding steroid dienone is 1. The van der Waals surface area contributed by atoms with Crippen LogP contribution in [-0.4, -0.2) is 111 Å². The summed E-state index contributed by atoms with van der Waals surface area (Å²) in [7, 11) is 1.15. The number of fused-ring (bicyclic) bond motifs is 1. The Labute approximate surface area is 249 Å². The molecule has 0 aromatic rings. The van der Waals surface area contributed by atoms with Crippen molar-refractivity contribution < 1.29 is 68.3 Å². The molecule has 0 aromatic carbocycles. The summed E-state index contributed by atoms with van der Waals surface area (Å²) in [6, 6.07) is 0.